The Hall–Kier alpha value is -2.77. The Morgan fingerprint density at radius 3 is 2.41 bits per heavy atom. The summed E-state index contributed by atoms with van der Waals surface area (Å²) in [6.07, 6.45) is 0. The van der Waals surface area contributed by atoms with Crippen LogP contribution in [0.5, 0.6) is 0 Å². The summed E-state index contributed by atoms with van der Waals surface area (Å²) in [5.74, 6) is 0.480. The van der Waals surface area contributed by atoms with Crippen molar-refractivity contribution in [3.63, 3.8) is 0 Å². The fraction of sp³-hybridized carbons (Fsp3) is 0.333. The summed E-state index contributed by atoms with van der Waals surface area (Å²) in [6, 6.07) is 17.3. The van der Waals surface area contributed by atoms with Crippen molar-refractivity contribution in [2.45, 2.75) is 39.0 Å². The molecule has 1 N–H and O–H groups in total. The van der Waals surface area contributed by atoms with Crippen LogP contribution in [0.15, 0.2) is 54.6 Å². The highest BCUT2D eigenvalue weighted by Gasteiger charge is 2.19. The minimum Gasteiger partial charge on any atom is -0.344 e. The van der Waals surface area contributed by atoms with E-state index in [-0.39, 0.29) is 18.5 Å². The highest BCUT2D eigenvalue weighted by atomic mass is 35.5. The maximum atomic E-state index is 12.8. The van der Waals surface area contributed by atoms with E-state index >= 15 is 0 Å². The van der Waals surface area contributed by atoms with Crippen LogP contribution in [0.4, 0.5) is 0 Å². The molecule has 0 fully saturated rings. The largest absolute Gasteiger partial charge is 0.344 e. The lowest BCUT2D eigenvalue weighted by molar-refractivity contribution is -0.122. The molecule has 152 valence electrons. The van der Waals surface area contributed by atoms with Gasteiger partial charge in [-0.3, -0.25) is 9.69 Å². The molecule has 3 aromatic rings. The average molecular weight is 413 g/mol. The number of hydrogen-bond acceptors (Lipinski definition) is 5. The maximum Gasteiger partial charge on any atom is 0.242 e. The Bertz CT molecular complexity index is 926. The number of carbonyl (C=O) groups excluding carboxylic acids is 1. The van der Waals surface area contributed by atoms with E-state index in [1.54, 1.807) is 0 Å². The minimum atomic E-state index is -0.292. The first kappa shape index (κ1) is 21.0. The normalized spacial score (nSPS) is 12.3. The molecule has 1 amide bonds. The number of halogens is 1. The van der Waals surface area contributed by atoms with Gasteiger partial charge in [-0.15, -0.1) is 5.10 Å². The molecule has 3 rings (SSSR count). The number of rotatable bonds is 8. The van der Waals surface area contributed by atoms with Gasteiger partial charge in [-0.2, -0.15) is 0 Å². The van der Waals surface area contributed by atoms with Gasteiger partial charge in [-0.1, -0.05) is 54.1 Å². The van der Waals surface area contributed by atoms with Crippen LogP contribution in [0, 0.1) is 0 Å². The quantitative estimate of drug-likeness (QED) is 0.615. The zero-order chi connectivity index (χ0) is 20.8. The van der Waals surface area contributed by atoms with Gasteiger partial charge in [0.15, 0.2) is 5.82 Å². The first-order valence-corrected chi connectivity index (χ1v) is 9.87. The van der Waals surface area contributed by atoms with Crippen LogP contribution in [0.1, 0.15) is 36.8 Å². The van der Waals surface area contributed by atoms with Crippen molar-refractivity contribution in [2.75, 3.05) is 7.05 Å². The Morgan fingerprint density at radius 2 is 1.76 bits per heavy atom. The summed E-state index contributed by atoms with van der Waals surface area (Å²) in [7, 11) is 2.00. The monoisotopic (exact) mass is 412 g/mol. The van der Waals surface area contributed by atoms with Gasteiger partial charge in [0.25, 0.3) is 0 Å². The summed E-state index contributed by atoms with van der Waals surface area (Å²) in [6.45, 7) is 4.80. The standard InChI is InChI=1S/C21H25ClN6O/c1-15(2)27(3)13-19-24-25-26-28(19)14-20(29)23-21(16-7-5-4-6-8-16)17-9-11-18(22)12-10-17/h4-12,15,21H,13-14H2,1-3H3,(H,23,29). The predicted octanol–water partition coefficient (Wildman–Crippen LogP) is 3.07. The van der Waals surface area contributed by atoms with E-state index in [1.807, 2.05) is 61.6 Å². The fourth-order valence-corrected chi connectivity index (χ4v) is 2.99. The number of nitrogens with one attached hydrogen (secondary N) is 1. The summed E-state index contributed by atoms with van der Waals surface area (Å²) in [4.78, 5) is 15.0. The van der Waals surface area contributed by atoms with Crippen LogP contribution in [0.3, 0.4) is 0 Å². The van der Waals surface area contributed by atoms with Crippen molar-refractivity contribution >= 4 is 17.5 Å². The average Bonchev–Trinajstić information content (AvgIpc) is 3.14. The molecule has 2 aromatic carbocycles. The van der Waals surface area contributed by atoms with E-state index < -0.39 is 0 Å². The van der Waals surface area contributed by atoms with Crippen LogP contribution in [-0.2, 0) is 17.9 Å². The third kappa shape index (κ3) is 5.62. The molecule has 7 nitrogen and oxygen atoms in total. The highest BCUT2D eigenvalue weighted by molar-refractivity contribution is 6.30. The second-order valence-electron chi connectivity index (χ2n) is 7.22. The van der Waals surface area contributed by atoms with Crippen molar-refractivity contribution < 1.29 is 4.79 Å². The third-order valence-corrected chi connectivity index (χ3v) is 5.07. The lowest BCUT2D eigenvalue weighted by Gasteiger charge is -2.21. The number of carbonyl (C=O) groups is 1. The molecule has 0 aliphatic heterocycles. The molecule has 1 aromatic heterocycles. The lowest BCUT2D eigenvalue weighted by atomic mass is 9.99. The molecule has 0 aliphatic rings. The van der Waals surface area contributed by atoms with E-state index in [2.05, 4.69) is 39.6 Å². The smallest absolute Gasteiger partial charge is 0.242 e. The number of amides is 1. The Balaban J connectivity index is 1.76. The van der Waals surface area contributed by atoms with Crippen LogP contribution in [0.2, 0.25) is 5.02 Å². The SMILES string of the molecule is CC(C)N(C)Cc1nnnn1CC(=O)NC(c1ccccc1)c1ccc(Cl)cc1. The second kappa shape index (κ2) is 9.62. The van der Waals surface area contributed by atoms with Gasteiger partial charge in [-0.25, -0.2) is 4.68 Å². The number of tetrazole rings is 1. The Kier molecular flexibility index (Phi) is 6.95. The fourth-order valence-electron chi connectivity index (χ4n) is 2.87. The maximum absolute atomic E-state index is 12.8. The van der Waals surface area contributed by atoms with Crippen molar-refractivity contribution in [1.29, 1.82) is 0 Å². The topological polar surface area (TPSA) is 75.9 Å². The Morgan fingerprint density at radius 1 is 1.10 bits per heavy atom. The van der Waals surface area contributed by atoms with Gasteiger partial charge in [0.2, 0.25) is 5.91 Å². The molecule has 8 heteroatoms. The zero-order valence-corrected chi connectivity index (χ0v) is 17.5. The van der Waals surface area contributed by atoms with Crippen LogP contribution in [0.25, 0.3) is 0 Å². The van der Waals surface area contributed by atoms with Gasteiger partial charge in [0.05, 0.1) is 12.6 Å². The van der Waals surface area contributed by atoms with Crippen molar-refractivity contribution in [3.05, 3.63) is 76.6 Å². The molecule has 0 saturated carbocycles. The molecule has 1 atom stereocenters. The number of benzene rings is 2. The summed E-state index contributed by atoms with van der Waals surface area (Å²) in [5, 5.41) is 15.5. The first-order valence-electron chi connectivity index (χ1n) is 9.49. The van der Waals surface area contributed by atoms with E-state index in [1.165, 1.54) is 4.68 Å². The number of nitrogens with zero attached hydrogens (tertiary/aromatic N) is 5. The van der Waals surface area contributed by atoms with Crippen LogP contribution >= 0.6 is 11.6 Å². The number of hydrogen-bond donors (Lipinski definition) is 1. The van der Waals surface area contributed by atoms with E-state index in [0.29, 0.717) is 23.4 Å². The molecule has 0 spiro atoms. The van der Waals surface area contributed by atoms with Gasteiger partial charge in [0.1, 0.15) is 6.54 Å². The summed E-state index contributed by atoms with van der Waals surface area (Å²) in [5.41, 5.74) is 1.94. The lowest BCUT2D eigenvalue weighted by Crippen LogP contribution is -2.34. The van der Waals surface area contributed by atoms with Gasteiger partial charge < -0.3 is 5.32 Å². The molecule has 1 heterocycles. The minimum absolute atomic E-state index is 0.0468. The van der Waals surface area contributed by atoms with Gasteiger partial charge >= 0.3 is 0 Å². The van der Waals surface area contributed by atoms with Crippen molar-refractivity contribution in [1.82, 2.24) is 30.4 Å². The molecule has 0 bridgehead atoms. The molecule has 1 unspecified atom stereocenters. The molecule has 0 aliphatic carbocycles. The van der Waals surface area contributed by atoms with Crippen molar-refractivity contribution in [2.24, 2.45) is 0 Å². The van der Waals surface area contributed by atoms with Crippen LogP contribution in [-0.4, -0.2) is 44.1 Å². The summed E-state index contributed by atoms with van der Waals surface area (Å²) >= 11 is 6.03. The molecular weight excluding hydrogens is 388 g/mol. The second-order valence-corrected chi connectivity index (χ2v) is 7.66. The van der Waals surface area contributed by atoms with E-state index in [9.17, 15) is 4.79 Å². The predicted molar refractivity (Wildman–Crippen MR) is 112 cm³/mol. The van der Waals surface area contributed by atoms with E-state index in [4.69, 9.17) is 11.6 Å². The molecule has 29 heavy (non-hydrogen) atoms. The summed E-state index contributed by atoms with van der Waals surface area (Å²) < 4.78 is 1.54. The molecular formula is C21H25ClN6O. The van der Waals surface area contributed by atoms with Crippen molar-refractivity contribution in [3.8, 4) is 0 Å². The van der Waals surface area contributed by atoms with Gasteiger partial charge in [0, 0.05) is 11.1 Å². The molecule has 0 saturated heterocycles. The van der Waals surface area contributed by atoms with Crippen LogP contribution < -0.4 is 5.32 Å². The molecule has 0 radical (unpaired) electrons. The first-order chi connectivity index (χ1) is 13.9. The van der Waals surface area contributed by atoms with Gasteiger partial charge in [-0.05, 0) is 54.6 Å². The third-order valence-electron chi connectivity index (χ3n) is 4.81. The number of aromatic nitrogens is 4. The Labute approximate surface area is 175 Å². The zero-order valence-electron chi connectivity index (χ0n) is 16.8. The highest BCUT2D eigenvalue weighted by Crippen LogP contribution is 2.23. The van der Waals surface area contributed by atoms with E-state index in [0.717, 1.165) is 11.1 Å².